The highest BCUT2D eigenvalue weighted by molar-refractivity contribution is 6.30. The normalized spacial score (nSPS) is 13.1. The number of hydrogen-bond donors (Lipinski definition) is 2. The summed E-state index contributed by atoms with van der Waals surface area (Å²) >= 11 is 0. The molecule has 0 fully saturated rings. The standard InChI is InChI=1S/C18H8F4N2O2/c19-7-1-3-11(21)9(5-7)15-13-14(18(26)23-15)16(24-17(13)25)10-6-8(20)2-4-12(10)22/h1-6,23,26H. The van der Waals surface area contributed by atoms with Gasteiger partial charge < -0.3 is 10.1 Å². The number of aromatic amines is 1. The van der Waals surface area contributed by atoms with E-state index >= 15 is 0 Å². The molecule has 2 aromatic carbocycles. The van der Waals surface area contributed by atoms with Crippen molar-refractivity contribution in [1.29, 1.82) is 0 Å². The van der Waals surface area contributed by atoms with Gasteiger partial charge in [0.25, 0.3) is 5.91 Å². The summed E-state index contributed by atoms with van der Waals surface area (Å²) in [5.74, 6) is -4.71. The van der Waals surface area contributed by atoms with Crippen LogP contribution in [0, 0.1) is 23.3 Å². The number of benzene rings is 2. The van der Waals surface area contributed by atoms with Gasteiger partial charge in [-0.25, -0.2) is 22.6 Å². The van der Waals surface area contributed by atoms with Gasteiger partial charge in [0.15, 0.2) is 5.88 Å². The fraction of sp³-hybridized carbons (Fsp3) is 0. The Kier molecular flexibility index (Phi) is 3.43. The Balaban J connectivity index is 1.95. The summed E-state index contributed by atoms with van der Waals surface area (Å²) in [6.45, 7) is 0. The number of carbonyl (C=O) groups excluding carboxylic acids is 1. The zero-order chi connectivity index (χ0) is 18.6. The highest BCUT2D eigenvalue weighted by Crippen LogP contribution is 2.39. The van der Waals surface area contributed by atoms with Crippen LogP contribution in [0.5, 0.6) is 5.88 Å². The number of nitrogens with one attached hydrogen (secondary N) is 1. The number of aliphatic imine (C=N–C) groups is 1. The number of rotatable bonds is 2. The maximum Gasteiger partial charge on any atom is 0.280 e. The lowest BCUT2D eigenvalue weighted by molar-refractivity contribution is 0.101. The van der Waals surface area contributed by atoms with E-state index in [1.807, 2.05) is 0 Å². The lowest BCUT2D eigenvalue weighted by atomic mass is 9.99. The molecule has 4 rings (SSSR count). The molecular formula is C18H8F4N2O2. The summed E-state index contributed by atoms with van der Waals surface area (Å²) in [6, 6.07) is 5.17. The molecule has 0 saturated carbocycles. The third kappa shape index (κ3) is 2.30. The number of fused-ring (bicyclic) bond motifs is 1. The number of nitrogens with zero attached hydrogens (tertiary/aromatic N) is 1. The molecule has 0 unspecified atom stereocenters. The third-order valence-corrected chi connectivity index (χ3v) is 4.03. The number of amides is 1. The van der Waals surface area contributed by atoms with Crippen molar-refractivity contribution in [2.75, 3.05) is 0 Å². The summed E-state index contributed by atoms with van der Waals surface area (Å²) in [5, 5.41) is 10.2. The fourth-order valence-corrected chi connectivity index (χ4v) is 2.91. The van der Waals surface area contributed by atoms with Gasteiger partial charge in [0, 0.05) is 11.1 Å². The minimum Gasteiger partial charge on any atom is -0.494 e. The van der Waals surface area contributed by atoms with Crippen molar-refractivity contribution in [2.24, 2.45) is 4.99 Å². The molecule has 26 heavy (non-hydrogen) atoms. The van der Waals surface area contributed by atoms with Crippen LogP contribution < -0.4 is 0 Å². The van der Waals surface area contributed by atoms with Crippen LogP contribution in [-0.2, 0) is 0 Å². The predicted octanol–water partition coefficient (Wildman–Crippen LogP) is 3.93. The third-order valence-electron chi connectivity index (χ3n) is 4.03. The molecule has 0 spiro atoms. The van der Waals surface area contributed by atoms with Crippen LogP contribution in [0.15, 0.2) is 41.4 Å². The molecule has 0 saturated heterocycles. The topological polar surface area (TPSA) is 65.4 Å². The number of halogens is 4. The summed E-state index contributed by atoms with van der Waals surface area (Å²) in [7, 11) is 0. The van der Waals surface area contributed by atoms with E-state index in [-0.39, 0.29) is 33.7 Å². The molecule has 0 bridgehead atoms. The van der Waals surface area contributed by atoms with Gasteiger partial charge in [-0.15, -0.1) is 0 Å². The minimum absolute atomic E-state index is 0.196. The van der Waals surface area contributed by atoms with Crippen LogP contribution >= 0.6 is 0 Å². The highest BCUT2D eigenvalue weighted by atomic mass is 19.1. The Labute approximate surface area is 143 Å². The van der Waals surface area contributed by atoms with Crippen LogP contribution in [0.4, 0.5) is 17.6 Å². The van der Waals surface area contributed by atoms with Crippen LogP contribution in [0.2, 0.25) is 0 Å². The number of hydrogen-bond acceptors (Lipinski definition) is 2. The zero-order valence-electron chi connectivity index (χ0n) is 12.8. The van der Waals surface area contributed by atoms with Gasteiger partial charge >= 0.3 is 0 Å². The molecule has 8 heteroatoms. The van der Waals surface area contributed by atoms with Crippen molar-refractivity contribution in [3.63, 3.8) is 0 Å². The largest absolute Gasteiger partial charge is 0.494 e. The zero-order valence-corrected chi connectivity index (χ0v) is 12.8. The van der Waals surface area contributed by atoms with E-state index in [2.05, 4.69) is 9.98 Å². The van der Waals surface area contributed by atoms with Gasteiger partial charge in [-0.2, -0.15) is 0 Å². The SMILES string of the molecule is O=C1N=C(c2cc(F)ccc2F)c2c(O)[nH]c(-c3cc(F)ccc3F)c21. The molecule has 1 aromatic heterocycles. The second-order valence-electron chi connectivity index (χ2n) is 5.61. The van der Waals surface area contributed by atoms with Gasteiger partial charge in [-0.05, 0) is 36.4 Å². The van der Waals surface area contributed by atoms with E-state index in [9.17, 15) is 27.5 Å². The Morgan fingerprint density at radius 3 is 2.08 bits per heavy atom. The highest BCUT2D eigenvalue weighted by Gasteiger charge is 2.35. The number of carbonyl (C=O) groups is 1. The second kappa shape index (κ2) is 5.55. The molecule has 2 N–H and O–H groups in total. The average Bonchev–Trinajstić information content (AvgIpc) is 3.11. The first-order valence-electron chi connectivity index (χ1n) is 7.36. The van der Waals surface area contributed by atoms with E-state index in [0.717, 1.165) is 36.4 Å². The van der Waals surface area contributed by atoms with Gasteiger partial charge in [-0.1, -0.05) is 0 Å². The Morgan fingerprint density at radius 1 is 0.846 bits per heavy atom. The van der Waals surface area contributed by atoms with Crippen molar-refractivity contribution in [1.82, 2.24) is 4.98 Å². The fourth-order valence-electron chi connectivity index (χ4n) is 2.91. The van der Waals surface area contributed by atoms with Crippen molar-refractivity contribution >= 4 is 11.6 Å². The van der Waals surface area contributed by atoms with Crippen LogP contribution in [-0.4, -0.2) is 21.7 Å². The smallest absolute Gasteiger partial charge is 0.280 e. The van der Waals surface area contributed by atoms with Gasteiger partial charge in [0.2, 0.25) is 0 Å². The minimum atomic E-state index is -0.895. The van der Waals surface area contributed by atoms with Gasteiger partial charge in [0.05, 0.1) is 22.5 Å². The molecule has 0 radical (unpaired) electrons. The summed E-state index contributed by atoms with van der Waals surface area (Å²) in [6.07, 6.45) is 0. The van der Waals surface area contributed by atoms with Crippen molar-refractivity contribution in [3.8, 4) is 17.1 Å². The lowest BCUT2D eigenvalue weighted by Gasteiger charge is -2.03. The second-order valence-corrected chi connectivity index (χ2v) is 5.61. The average molecular weight is 360 g/mol. The maximum atomic E-state index is 14.1. The van der Waals surface area contributed by atoms with Crippen molar-refractivity contribution in [2.45, 2.75) is 0 Å². The maximum absolute atomic E-state index is 14.1. The Hall–Kier alpha value is -3.42. The molecule has 3 aromatic rings. The first-order chi connectivity index (χ1) is 12.4. The van der Waals surface area contributed by atoms with Crippen molar-refractivity contribution < 1.29 is 27.5 Å². The first kappa shape index (κ1) is 16.1. The Morgan fingerprint density at radius 2 is 1.42 bits per heavy atom. The molecular weight excluding hydrogens is 352 g/mol. The number of H-pyrrole nitrogens is 1. The summed E-state index contributed by atoms with van der Waals surface area (Å²) in [5.41, 5.74) is -1.57. The van der Waals surface area contributed by atoms with Gasteiger partial charge in [0.1, 0.15) is 23.3 Å². The van der Waals surface area contributed by atoms with E-state index in [0.29, 0.717) is 0 Å². The van der Waals surface area contributed by atoms with E-state index < -0.39 is 35.1 Å². The molecule has 1 amide bonds. The molecule has 1 aliphatic rings. The first-order valence-corrected chi connectivity index (χ1v) is 7.36. The monoisotopic (exact) mass is 360 g/mol. The predicted molar refractivity (Wildman–Crippen MR) is 84.1 cm³/mol. The van der Waals surface area contributed by atoms with Gasteiger partial charge in [-0.3, -0.25) is 4.79 Å². The van der Waals surface area contributed by atoms with Crippen LogP contribution in [0.25, 0.3) is 11.3 Å². The van der Waals surface area contributed by atoms with E-state index in [1.165, 1.54) is 0 Å². The quantitative estimate of drug-likeness (QED) is 0.680. The molecule has 130 valence electrons. The van der Waals surface area contributed by atoms with E-state index in [4.69, 9.17) is 0 Å². The van der Waals surface area contributed by atoms with Crippen LogP contribution in [0.1, 0.15) is 21.5 Å². The van der Waals surface area contributed by atoms with E-state index in [1.54, 1.807) is 0 Å². The summed E-state index contributed by atoms with van der Waals surface area (Å²) < 4.78 is 55.1. The number of aromatic hydroxyl groups is 1. The molecule has 2 heterocycles. The van der Waals surface area contributed by atoms with Crippen molar-refractivity contribution in [3.05, 3.63) is 76.4 Å². The molecule has 0 atom stereocenters. The Bertz CT molecular complexity index is 1120. The summed E-state index contributed by atoms with van der Waals surface area (Å²) in [4.78, 5) is 18.4. The number of aromatic nitrogens is 1. The molecule has 1 aliphatic heterocycles. The lowest BCUT2D eigenvalue weighted by Crippen LogP contribution is -2.04. The molecule has 0 aliphatic carbocycles. The van der Waals surface area contributed by atoms with Crippen LogP contribution in [0.3, 0.4) is 0 Å². The molecule has 4 nitrogen and oxygen atoms in total.